The van der Waals surface area contributed by atoms with Gasteiger partial charge in [-0.05, 0) is 31.2 Å². The molecule has 160 valence electrons. The Morgan fingerprint density at radius 1 is 1.06 bits per heavy atom. The Balaban J connectivity index is 1.79. The Labute approximate surface area is 184 Å². The van der Waals surface area contributed by atoms with Crippen LogP contribution < -0.4 is 10.1 Å². The number of amides is 1. The summed E-state index contributed by atoms with van der Waals surface area (Å²) in [4.78, 5) is 23.9. The first-order valence-corrected chi connectivity index (χ1v) is 9.82. The number of methoxy groups -OCH3 is 1. The molecule has 8 heteroatoms. The largest absolute Gasteiger partial charge is 0.495 e. The van der Waals surface area contributed by atoms with Crippen molar-refractivity contribution in [3.8, 4) is 22.7 Å². The highest BCUT2D eigenvalue weighted by Gasteiger charge is 2.21. The second-order valence-electron chi connectivity index (χ2n) is 7.14. The molecule has 4 rings (SSSR count). The SMILES string of the molecule is COc1ccc([N+](=O)[O-])cc1NC(=O)c1cn(-c2ccccc2)nc1-c1cccc(C)c1. The molecule has 1 N–H and O–H groups in total. The minimum atomic E-state index is -0.527. The number of anilines is 1. The van der Waals surface area contributed by atoms with Crippen LogP contribution in [-0.4, -0.2) is 27.7 Å². The topological polar surface area (TPSA) is 99.3 Å². The van der Waals surface area contributed by atoms with Crippen LogP contribution in [0.2, 0.25) is 0 Å². The number of nitrogens with one attached hydrogen (secondary N) is 1. The van der Waals surface area contributed by atoms with E-state index < -0.39 is 10.8 Å². The molecule has 1 aromatic heterocycles. The molecule has 32 heavy (non-hydrogen) atoms. The summed E-state index contributed by atoms with van der Waals surface area (Å²) in [7, 11) is 1.43. The van der Waals surface area contributed by atoms with E-state index in [9.17, 15) is 14.9 Å². The van der Waals surface area contributed by atoms with E-state index in [4.69, 9.17) is 4.74 Å². The van der Waals surface area contributed by atoms with Crippen molar-refractivity contribution in [2.75, 3.05) is 12.4 Å². The van der Waals surface area contributed by atoms with Gasteiger partial charge in [0.1, 0.15) is 11.4 Å². The normalized spacial score (nSPS) is 10.6. The van der Waals surface area contributed by atoms with Crippen molar-refractivity contribution in [3.63, 3.8) is 0 Å². The maximum atomic E-state index is 13.3. The summed E-state index contributed by atoms with van der Waals surface area (Å²) in [5.74, 6) is -0.140. The van der Waals surface area contributed by atoms with Gasteiger partial charge < -0.3 is 10.1 Å². The number of hydrogen-bond donors (Lipinski definition) is 1. The van der Waals surface area contributed by atoms with E-state index in [0.29, 0.717) is 17.0 Å². The van der Waals surface area contributed by atoms with Crippen LogP contribution in [0.1, 0.15) is 15.9 Å². The second-order valence-corrected chi connectivity index (χ2v) is 7.14. The molecule has 0 aliphatic carbocycles. The van der Waals surface area contributed by atoms with Gasteiger partial charge in [0.2, 0.25) is 0 Å². The Morgan fingerprint density at radius 2 is 1.84 bits per heavy atom. The molecule has 0 spiro atoms. The highest BCUT2D eigenvalue weighted by Crippen LogP contribution is 2.31. The van der Waals surface area contributed by atoms with Crippen molar-refractivity contribution in [1.82, 2.24) is 9.78 Å². The molecular formula is C24H20N4O4. The molecular weight excluding hydrogens is 408 g/mol. The van der Waals surface area contributed by atoms with Gasteiger partial charge in [-0.1, -0.05) is 42.0 Å². The lowest BCUT2D eigenvalue weighted by atomic mass is 10.1. The van der Waals surface area contributed by atoms with Gasteiger partial charge in [-0.3, -0.25) is 14.9 Å². The van der Waals surface area contributed by atoms with Gasteiger partial charge in [0, 0.05) is 23.9 Å². The highest BCUT2D eigenvalue weighted by molar-refractivity contribution is 6.08. The Morgan fingerprint density at radius 3 is 2.53 bits per heavy atom. The average Bonchev–Trinajstić information content (AvgIpc) is 3.25. The Kier molecular flexibility index (Phi) is 5.67. The minimum absolute atomic E-state index is 0.153. The molecule has 0 aliphatic heterocycles. The molecule has 0 saturated carbocycles. The number of aryl methyl sites for hydroxylation is 1. The molecule has 3 aromatic carbocycles. The lowest BCUT2D eigenvalue weighted by Gasteiger charge is -2.10. The van der Waals surface area contributed by atoms with Gasteiger partial charge in [0.05, 0.1) is 29.0 Å². The van der Waals surface area contributed by atoms with E-state index in [2.05, 4.69) is 10.4 Å². The number of hydrogen-bond acceptors (Lipinski definition) is 5. The monoisotopic (exact) mass is 428 g/mol. The molecule has 8 nitrogen and oxygen atoms in total. The zero-order chi connectivity index (χ0) is 22.7. The number of carbonyl (C=O) groups excluding carboxylic acids is 1. The zero-order valence-electron chi connectivity index (χ0n) is 17.5. The van der Waals surface area contributed by atoms with Gasteiger partial charge in [0.15, 0.2) is 0 Å². The van der Waals surface area contributed by atoms with Crippen molar-refractivity contribution >= 4 is 17.3 Å². The fourth-order valence-corrected chi connectivity index (χ4v) is 3.36. The molecule has 0 bridgehead atoms. The summed E-state index contributed by atoms with van der Waals surface area (Å²) in [6.07, 6.45) is 1.65. The van der Waals surface area contributed by atoms with Crippen molar-refractivity contribution in [1.29, 1.82) is 0 Å². The lowest BCUT2D eigenvalue weighted by molar-refractivity contribution is -0.384. The van der Waals surface area contributed by atoms with Crippen LogP contribution in [0.4, 0.5) is 11.4 Å². The van der Waals surface area contributed by atoms with Crippen LogP contribution in [0.15, 0.2) is 79.0 Å². The molecule has 0 aliphatic rings. The summed E-state index contributed by atoms with van der Waals surface area (Å²) >= 11 is 0. The van der Waals surface area contributed by atoms with Gasteiger partial charge in [-0.15, -0.1) is 0 Å². The minimum Gasteiger partial charge on any atom is -0.495 e. The van der Waals surface area contributed by atoms with E-state index in [1.54, 1.807) is 10.9 Å². The number of nitro benzene ring substituents is 1. The number of ether oxygens (including phenoxy) is 1. The molecule has 1 amide bonds. The predicted molar refractivity (Wildman–Crippen MR) is 121 cm³/mol. The molecule has 0 radical (unpaired) electrons. The number of aromatic nitrogens is 2. The highest BCUT2D eigenvalue weighted by atomic mass is 16.6. The summed E-state index contributed by atoms with van der Waals surface area (Å²) < 4.78 is 6.90. The van der Waals surface area contributed by atoms with Gasteiger partial charge in [-0.2, -0.15) is 5.10 Å². The number of nitrogens with zero attached hydrogens (tertiary/aromatic N) is 3. The quantitative estimate of drug-likeness (QED) is 0.343. The van der Waals surface area contributed by atoms with E-state index in [0.717, 1.165) is 16.8 Å². The number of nitro groups is 1. The van der Waals surface area contributed by atoms with Gasteiger partial charge >= 0.3 is 0 Å². The van der Waals surface area contributed by atoms with Gasteiger partial charge in [-0.25, -0.2) is 4.68 Å². The standard InChI is InChI=1S/C24H20N4O4/c1-16-7-6-8-17(13-16)23-20(15-27(26-23)18-9-4-3-5-10-18)24(29)25-21-14-19(28(30)31)11-12-22(21)32-2/h3-15H,1-2H3,(H,25,29). The van der Waals surface area contributed by atoms with Crippen molar-refractivity contribution < 1.29 is 14.5 Å². The van der Waals surface area contributed by atoms with Crippen LogP contribution in [0.5, 0.6) is 5.75 Å². The number of benzene rings is 3. The zero-order valence-corrected chi connectivity index (χ0v) is 17.5. The Bertz CT molecular complexity index is 1300. The van der Waals surface area contributed by atoms with Gasteiger partial charge in [0.25, 0.3) is 11.6 Å². The maximum absolute atomic E-state index is 13.3. The molecule has 1 heterocycles. The lowest BCUT2D eigenvalue weighted by Crippen LogP contribution is -2.13. The maximum Gasteiger partial charge on any atom is 0.271 e. The molecule has 0 fully saturated rings. The fourth-order valence-electron chi connectivity index (χ4n) is 3.36. The van der Waals surface area contributed by atoms with E-state index >= 15 is 0 Å². The summed E-state index contributed by atoms with van der Waals surface area (Å²) in [5, 5.41) is 18.6. The third kappa shape index (κ3) is 4.20. The van der Waals surface area contributed by atoms with Crippen LogP contribution in [0, 0.1) is 17.0 Å². The van der Waals surface area contributed by atoms with E-state index in [1.165, 1.54) is 25.3 Å². The van der Waals surface area contributed by atoms with E-state index in [1.807, 2.05) is 61.5 Å². The number of rotatable bonds is 6. The third-order valence-electron chi connectivity index (χ3n) is 4.91. The number of para-hydroxylation sites is 1. The first-order valence-electron chi connectivity index (χ1n) is 9.82. The van der Waals surface area contributed by atoms with Crippen LogP contribution in [0.3, 0.4) is 0 Å². The first-order chi connectivity index (χ1) is 15.5. The summed E-state index contributed by atoms with van der Waals surface area (Å²) in [5.41, 5.74) is 3.49. The Hall–Kier alpha value is -4.46. The average molecular weight is 428 g/mol. The molecule has 0 atom stereocenters. The number of carbonyl (C=O) groups is 1. The van der Waals surface area contributed by atoms with Crippen LogP contribution in [0.25, 0.3) is 16.9 Å². The predicted octanol–water partition coefficient (Wildman–Crippen LogP) is 5.02. The first kappa shape index (κ1) is 20.8. The van der Waals surface area contributed by atoms with Crippen molar-refractivity contribution in [2.45, 2.75) is 6.92 Å². The fraction of sp³-hybridized carbons (Fsp3) is 0.0833. The molecule has 0 saturated heterocycles. The van der Waals surface area contributed by atoms with Crippen LogP contribution >= 0.6 is 0 Å². The molecule has 0 unspecified atom stereocenters. The van der Waals surface area contributed by atoms with Crippen molar-refractivity contribution in [3.05, 3.63) is 100 Å². The smallest absolute Gasteiger partial charge is 0.271 e. The van der Waals surface area contributed by atoms with Crippen LogP contribution in [-0.2, 0) is 0 Å². The summed E-state index contributed by atoms with van der Waals surface area (Å²) in [6.45, 7) is 1.96. The molecule has 4 aromatic rings. The van der Waals surface area contributed by atoms with E-state index in [-0.39, 0.29) is 11.4 Å². The summed E-state index contributed by atoms with van der Waals surface area (Å²) in [6, 6.07) is 21.2. The second kappa shape index (κ2) is 8.73. The van der Waals surface area contributed by atoms with Crippen molar-refractivity contribution in [2.24, 2.45) is 0 Å². The number of non-ortho nitro benzene ring substituents is 1. The third-order valence-corrected chi connectivity index (χ3v) is 4.91.